The molecule has 0 unspecified atom stereocenters. The van der Waals surface area contributed by atoms with Gasteiger partial charge in [0.15, 0.2) is 0 Å². The first kappa shape index (κ1) is 30.7. The van der Waals surface area contributed by atoms with Crippen LogP contribution >= 0.6 is 35.3 Å². The molecule has 0 bridgehead atoms. The molecule has 3 heterocycles. The third-order valence-corrected chi connectivity index (χ3v) is 7.68. The number of halogens is 5. The zero-order valence-corrected chi connectivity index (χ0v) is 23.6. The van der Waals surface area contributed by atoms with Crippen molar-refractivity contribution in [3.8, 4) is 17.0 Å². The van der Waals surface area contributed by atoms with Crippen molar-refractivity contribution in [3.05, 3.63) is 82.0 Å². The number of nitrogens with zero attached hydrogens (tertiary/aromatic N) is 2. The van der Waals surface area contributed by atoms with Gasteiger partial charge in [-0.25, -0.2) is 9.97 Å². The molecule has 0 fully saturated rings. The van der Waals surface area contributed by atoms with E-state index in [0.717, 1.165) is 11.1 Å². The Bertz CT molecular complexity index is 1580. The largest absolute Gasteiger partial charge is 0.480 e. The molecule has 1 aliphatic heterocycles. The highest BCUT2D eigenvalue weighted by Crippen LogP contribution is 2.44. The van der Waals surface area contributed by atoms with E-state index in [1.807, 2.05) is 0 Å². The van der Waals surface area contributed by atoms with Gasteiger partial charge in [-0.2, -0.15) is 13.2 Å². The standard InChI is InChI=1S/C28H23ClF3N3O4S.ClH/c29-18-5-6-19(20(12-18)17-7-9-38-10-8-17)25(28(30,31)32)39-26-24-23(34-14-35-26)21(13-40-24)16-3-1-15(2-4-16)11-22(33)27(36)37;/h1-7,12-14,22,25H,8-11,33H2,(H,36,37);1H/t22-,25+;/m0./s1. The number of aliphatic carboxylic acids is 1. The van der Waals surface area contributed by atoms with Crippen molar-refractivity contribution in [1.82, 2.24) is 9.97 Å². The van der Waals surface area contributed by atoms with Crippen LogP contribution in [-0.4, -0.2) is 46.5 Å². The Balaban J connectivity index is 0.00000387. The Hall–Kier alpha value is -3.22. The highest BCUT2D eigenvalue weighted by atomic mass is 35.5. The van der Waals surface area contributed by atoms with Crippen LogP contribution in [0.25, 0.3) is 26.9 Å². The minimum absolute atomic E-state index is 0. The van der Waals surface area contributed by atoms with E-state index in [0.29, 0.717) is 51.6 Å². The molecule has 0 radical (unpaired) electrons. The highest BCUT2D eigenvalue weighted by molar-refractivity contribution is 7.18. The van der Waals surface area contributed by atoms with Gasteiger partial charge in [0.2, 0.25) is 12.0 Å². The van der Waals surface area contributed by atoms with E-state index in [2.05, 4.69) is 9.97 Å². The molecular weight excluding hydrogens is 602 g/mol. The number of ether oxygens (including phenoxy) is 2. The number of hydrogen-bond donors (Lipinski definition) is 2. The number of aromatic nitrogens is 2. The van der Waals surface area contributed by atoms with Gasteiger partial charge in [-0.05, 0) is 47.2 Å². The average Bonchev–Trinajstić information content (AvgIpc) is 3.37. The van der Waals surface area contributed by atoms with Crippen molar-refractivity contribution >= 4 is 57.1 Å². The fourth-order valence-corrected chi connectivity index (χ4v) is 5.64. The Morgan fingerprint density at radius 3 is 2.59 bits per heavy atom. The molecule has 7 nitrogen and oxygen atoms in total. The number of hydrogen-bond acceptors (Lipinski definition) is 7. The van der Waals surface area contributed by atoms with Crippen molar-refractivity contribution in [1.29, 1.82) is 0 Å². The van der Waals surface area contributed by atoms with Crippen LogP contribution in [0, 0.1) is 0 Å². The number of fused-ring (bicyclic) bond motifs is 1. The van der Waals surface area contributed by atoms with Gasteiger partial charge < -0.3 is 20.3 Å². The molecule has 0 aliphatic carbocycles. The van der Waals surface area contributed by atoms with Crippen LogP contribution in [-0.2, 0) is 16.0 Å². The third kappa shape index (κ3) is 6.82. The second-order valence-corrected chi connectivity index (χ2v) is 10.5. The number of alkyl halides is 3. The second-order valence-electron chi connectivity index (χ2n) is 9.18. The van der Waals surface area contributed by atoms with Crippen LogP contribution in [0.3, 0.4) is 0 Å². The first-order valence-electron chi connectivity index (χ1n) is 12.2. The summed E-state index contributed by atoms with van der Waals surface area (Å²) in [4.78, 5) is 19.4. The summed E-state index contributed by atoms with van der Waals surface area (Å²) in [6.45, 7) is 0.698. The van der Waals surface area contributed by atoms with E-state index in [-0.39, 0.29) is 30.3 Å². The molecule has 0 saturated carbocycles. The lowest BCUT2D eigenvalue weighted by Gasteiger charge is -2.25. The summed E-state index contributed by atoms with van der Waals surface area (Å²) >= 11 is 7.34. The van der Waals surface area contributed by atoms with E-state index < -0.39 is 24.3 Å². The summed E-state index contributed by atoms with van der Waals surface area (Å²) in [6.07, 6.45) is -3.52. The van der Waals surface area contributed by atoms with Crippen molar-refractivity contribution in [3.63, 3.8) is 0 Å². The second kappa shape index (κ2) is 12.7. The summed E-state index contributed by atoms with van der Waals surface area (Å²) in [6, 6.07) is 10.3. The molecule has 2 aromatic carbocycles. The number of thiophene rings is 1. The van der Waals surface area contributed by atoms with Crippen LogP contribution in [0.1, 0.15) is 29.2 Å². The van der Waals surface area contributed by atoms with Crippen LogP contribution < -0.4 is 10.5 Å². The first-order valence-corrected chi connectivity index (χ1v) is 13.5. The molecule has 1 aliphatic rings. The maximum absolute atomic E-state index is 14.5. The minimum Gasteiger partial charge on any atom is -0.480 e. The van der Waals surface area contributed by atoms with E-state index in [4.69, 9.17) is 31.9 Å². The fourth-order valence-electron chi connectivity index (χ4n) is 4.50. The van der Waals surface area contributed by atoms with Crippen LogP contribution in [0.2, 0.25) is 5.02 Å². The Morgan fingerprint density at radius 2 is 1.93 bits per heavy atom. The smallest absolute Gasteiger partial charge is 0.429 e. The topological polar surface area (TPSA) is 108 Å². The molecule has 3 N–H and O–H groups in total. The van der Waals surface area contributed by atoms with Crippen molar-refractivity contribution < 1.29 is 32.5 Å². The van der Waals surface area contributed by atoms with Gasteiger partial charge in [0.25, 0.3) is 0 Å². The zero-order valence-electron chi connectivity index (χ0n) is 21.2. The SMILES string of the molecule is Cl.N[C@@H](Cc1ccc(-c2csc3c(O[C@H](c4ccc(Cl)cc4C4=CCOCC4)C(F)(F)F)ncnc23)cc1)C(=O)O. The van der Waals surface area contributed by atoms with Crippen LogP contribution in [0.15, 0.2) is 60.2 Å². The molecule has 0 amide bonds. The molecule has 0 saturated heterocycles. The average molecular weight is 626 g/mol. The fraction of sp³-hybridized carbons (Fsp3) is 0.250. The maximum Gasteiger partial charge on any atom is 0.429 e. The number of carbonyl (C=O) groups is 1. The Morgan fingerprint density at radius 1 is 1.17 bits per heavy atom. The molecule has 0 spiro atoms. The maximum atomic E-state index is 14.5. The van der Waals surface area contributed by atoms with Gasteiger partial charge in [0.05, 0.1) is 18.7 Å². The van der Waals surface area contributed by atoms with Gasteiger partial charge in [0.1, 0.15) is 17.1 Å². The lowest BCUT2D eigenvalue weighted by atomic mass is 9.93. The monoisotopic (exact) mass is 625 g/mol. The number of benzene rings is 2. The lowest BCUT2D eigenvalue weighted by Crippen LogP contribution is -2.32. The highest BCUT2D eigenvalue weighted by Gasteiger charge is 2.45. The number of rotatable bonds is 8. The normalized spacial score (nSPS) is 15.1. The molecule has 41 heavy (non-hydrogen) atoms. The quantitative estimate of drug-likeness (QED) is 0.220. The summed E-state index contributed by atoms with van der Waals surface area (Å²) in [5, 5.41) is 11.1. The molecule has 216 valence electrons. The summed E-state index contributed by atoms with van der Waals surface area (Å²) in [5.41, 5.74) is 9.24. The molecule has 4 aromatic rings. The van der Waals surface area contributed by atoms with Crippen molar-refractivity contribution in [2.45, 2.75) is 31.2 Å². The Labute approximate surface area is 248 Å². The zero-order chi connectivity index (χ0) is 28.4. The predicted octanol–water partition coefficient (Wildman–Crippen LogP) is 6.87. The van der Waals surface area contributed by atoms with Crippen molar-refractivity contribution in [2.75, 3.05) is 13.2 Å². The van der Waals surface area contributed by atoms with E-state index >= 15 is 0 Å². The number of carboxylic acid groups (broad SMARTS) is 1. The predicted molar refractivity (Wildman–Crippen MR) is 154 cm³/mol. The van der Waals surface area contributed by atoms with E-state index in [9.17, 15) is 18.0 Å². The minimum atomic E-state index is -4.75. The first-order chi connectivity index (χ1) is 19.1. The van der Waals surface area contributed by atoms with Gasteiger partial charge in [-0.1, -0.05) is 48.0 Å². The molecular formula is C28H24Cl2F3N3O4S. The van der Waals surface area contributed by atoms with E-state index in [1.165, 1.54) is 35.9 Å². The summed E-state index contributed by atoms with van der Waals surface area (Å²) in [5.74, 6) is -1.28. The number of nitrogens with two attached hydrogens (primary N) is 1. The van der Waals surface area contributed by atoms with Gasteiger partial charge in [0, 0.05) is 21.5 Å². The number of carboxylic acids is 1. The third-order valence-electron chi connectivity index (χ3n) is 6.49. The van der Waals surface area contributed by atoms with Gasteiger partial charge in [-0.3, -0.25) is 4.79 Å². The summed E-state index contributed by atoms with van der Waals surface area (Å²) < 4.78 is 54.8. The molecule has 2 aromatic heterocycles. The van der Waals surface area contributed by atoms with Gasteiger partial charge >= 0.3 is 12.1 Å². The lowest BCUT2D eigenvalue weighted by molar-refractivity contribution is -0.198. The molecule has 5 rings (SSSR count). The van der Waals surface area contributed by atoms with Gasteiger partial charge in [-0.15, -0.1) is 23.7 Å². The molecule has 13 heteroatoms. The van der Waals surface area contributed by atoms with Crippen molar-refractivity contribution in [2.24, 2.45) is 5.73 Å². The Kier molecular flexibility index (Phi) is 9.55. The van der Waals surface area contributed by atoms with Crippen LogP contribution in [0.4, 0.5) is 13.2 Å². The van der Waals surface area contributed by atoms with E-state index in [1.54, 1.807) is 35.7 Å². The van der Waals surface area contributed by atoms with Crippen LogP contribution in [0.5, 0.6) is 5.88 Å². The summed E-state index contributed by atoms with van der Waals surface area (Å²) in [7, 11) is 0. The molecule has 2 atom stereocenters.